The first-order chi connectivity index (χ1) is 9.63. The van der Waals surface area contributed by atoms with Crippen LogP contribution in [0.4, 0.5) is 8.78 Å². The van der Waals surface area contributed by atoms with Gasteiger partial charge in [0.25, 0.3) is 0 Å². The quantitative estimate of drug-likeness (QED) is 0.895. The van der Waals surface area contributed by atoms with Crippen LogP contribution in [0.1, 0.15) is 25.1 Å². The van der Waals surface area contributed by atoms with Gasteiger partial charge in [0.2, 0.25) is 0 Å². The summed E-state index contributed by atoms with van der Waals surface area (Å²) in [5.41, 5.74) is 0.944. The number of halogens is 2. The molecule has 1 atom stereocenters. The van der Waals surface area contributed by atoms with Gasteiger partial charge in [-0.2, -0.15) is 0 Å². The zero-order chi connectivity index (χ0) is 14.5. The summed E-state index contributed by atoms with van der Waals surface area (Å²) < 4.78 is 26.7. The normalized spacial score (nSPS) is 12.4. The minimum atomic E-state index is -0.445. The van der Waals surface area contributed by atoms with Crippen molar-refractivity contribution in [3.63, 3.8) is 0 Å². The molecule has 0 radical (unpaired) electrons. The Labute approximate surface area is 121 Å². The number of nitrogens with zero attached hydrogens (tertiary/aromatic N) is 1. The Hall–Kier alpha value is -1.46. The van der Waals surface area contributed by atoms with Crippen molar-refractivity contribution in [2.45, 2.75) is 29.2 Å². The fourth-order valence-electron chi connectivity index (χ4n) is 1.90. The summed E-state index contributed by atoms with van der Waals surface area (Å²) in [7, 11) is 1.89. The number of rotatable bonds is 5. The molecular formula is C15H16F2N2S. The molecule has 0 saturated carbocycles. The van der Waals surface area contributed by atoms with Crippen LogP contribution in [-0.2, 0) is 0 Å². The standard InChI is InChI=1S/C15H16F2N2S/c1-3-13(18-2)14-7-5-11(9-19-14)20-15-8-10(16)4-6-12(15)17/h4-9,13,18H,3H2,1-2H3. The topological polar surface area (TPSA) is 24.9 Å². The smallest absolute Gasteiger partial charge is 0.137 e. The molecule has 0 aliphatic carbocycles. The van der Waals surface area contributed by atoms with Crippen LogP contribution in [0.2, 0.25) is 0 Å². The summed E-state index contributed by atoms with van der Waals surface area (Å²) in [6, 6.07) is 7.42. The van der Waals surface area contributed by atoms with Gasteiger partial charge in [-0.15, -0.1) is 0 Å². The summed E-state index contributed by atoms with van der Waals surface area (Å²) in [5.74, 6) is -0.873. The van der Waals surface area contributed by atoms with Crippen LogP contribution >= 0.6 is 11.8 Å². The lowest BCUT2D eigenvalue weighted by Crippen LogP contribution is -2.16. The molecule has 0 aliphatic heterocycles. The maximum absolute atomic E-state index is 13.6. The van der Waals surface area contributed by atoms with Crippen molar-refractivity contribution in [3.05, 3.63) is 53.9 Å². The van der Waals surface area contributed by atoms with Crippen LogP contribution in [0.25, 0.3) is 0 Å². The van der Waals surface area contributed by atoms with Gasteiger partial charge in [-0.25, -0.2) is 8.78 Å². The molecule has 1 heterocycles. The van der Waals surface area contributed by atoms with E-state index in [4.69, 9.17) is 0 Å². The molecule has 1 unspecified atom stereocenters. The van der Waals surface area contributed by atoms with Gasteiger partial charge in [-0.3, -0.25) is 4.98 Å². The number of nitrogens with one attached hydrogen (secondary N) is 1. The first kappa shape index (κ1) is 14.9. The van der Waals surface area contributed by atoms with Gasteiger partial charge in [-0.1, -0.05) is 18.7 Å². The first-order valence-corrected chi connectivity index (χ1v) is 7.21. The molecule has 106 valence electrons. The van der Waals surface area contributed by atoms with Crippen molar-refractivity contribution < 1.29 is 8.78 Å². The van der Waals surface area contributed by atoms with Gasteiger partial charge in [0.1, 0.15) is 11.6 Å². The third-order valence-corrected chi connectivity index (χ3v) is 4.00. The molecule has 0 saturated heterocycles. The van der Waals surface area contributed by atoms with Crippen molar-refractivity contribution >= 4 is 11.8 Å². The van der Waals surface area contributed by atoms with E-state index in [1.54, 1.807) is 6.20 Å². The minimum absolute atomic E-state index is 0.208. The maximum Gasteiger partial charge on any atom is 0.137 e. The van der Waals surface area contributed by atoms with Gasteiger partial charge in [-0.05, 0) is 43.8 Å². The fourth-order valence-corrected chi connectivity index (χ4v) is 2.73. The van der Waals surface area contributed by atoms with E-state index in [0.717, 1.165) is 29.1 Å². The van der Waals surface area contributed by atoms with Crippen LogP contribution < -0.4 is 5.32 Å². The van der Waals surface area contributed by atoms with E-state index in [1.165, 1.54) is 17.8 Å². The second-order valence-electron chi connectivity index (χ2n) is 4.35. The van der Waals surface area contributed by atoms with E-state index in [9.17, 15) is 8.78 Å². The van der Waals surface area contributed by atoms with Gasteiger partial charge >= 0.3 is 0 Å². The van der Waals surface area contributed by atoms with Crippen molar-refractivity contribution in [1.82, 2.24) is 10.3 Å². The lowest BCUT2D eigenvalue weighted by atomic mass is 10.1. The fraction of sp³-hybridized carbons (Fsp3) is 0.267. The summed E-state index contributed by atoms with van der Waals surface area (Å²) >= 11 is 1.17. The molecule has 1 aromatic heterocycles. The highest BCUT2D eigenvalue weighted by atomic mass is 32.2. The summed E-state index contributed by atoms with van der Waals surface area (Å²) in [6.45, 7) is 2.08. The predicted molar refractivity (Wildman–Crippen MR) is 76.8 cm³/mol. The number of aromatic nitrogens is 1. The Morgan fingerprint density at radius 2 is 2.05 bits per heavy atom. The SMILES string of the molecule is CCC(NC)c1ccc(Sc2cc(F)ccc2F)cn1. The van der Waals surface area contributed by atoms with Gasteiger partial charge in [0.15, 0.2) is 0 Å². The molecule has 1 aromatic carbocycles. The lowest BCUT2D eigenvalue weighted by Gasteiger charge is -2.13. The van der Waals surface area contributed by atoms with Crippen LogP contribution in [0, 0.1) is 11.6 Å². The molecule has 5 heteroatoms. The Morgan fingerprint density at radius 3 is 2.65 bits per heavy atom. The van der Waals surface area contributed by atoms with Crippen molar-refractivity contribution in [3.8, 4) is 0 Å². The molecular weight excluding hydrogens is 278 g/mol. The van der Waals surface area contributed by atoms with Crippen molar-refractivity contribution in [2.24, 2.45) is 0 Å². The van der Waals surface area contributed by atoms with E-state index in [-0.39, 0.29) is 10.9 Å². The molecule has 1 N–H and O–H groups in total. The first-order valence-electron chi connectivity index (χ1n) is 6.40. The number of benzene rings is 1. The average Bonchev–Trinajstić information content (AvgIpc) is 2.46. The summed E-state index contributed by atoms with van der Waals surface area (Å²) in [4.78, 5) is 5.42. The highest BCUT2D eigenvalue weighted by Gasteiger charge is 2.09. The van der Waals surface area contributed by atoms with Gasteiger partial charge < -0.3 is 5.32 Å². The number of hydrogen-bond acceptors (Lipinski definition) is 3. The van der Waals surface area contributed by atoms with E-state index in [2.05, 4.69) is 17.2 Å². The average molecular weight is 294 g/mol. The van der Waals surface area contributed by atoms with Crippen LogP contribution in [0.5, 0.6) is 0 Å². The highest BCUT2D eigenvalue weighted by Crippen LogP contribution is 2.30. The Morgan fingerprint density at radius 1 is 1.25 bits per heavy atom. The third-order valence-electron chi connectivity index (χ3n) is 2.99. The van der Waals surface area contributed by atoms with Gasteiger partial charge in [0, 0.05) is 17.1 Å². The summed E-state index contributed by atoms with van der Waals surface area (Å²) in [6.07, 6.45) is 2.62. The minimum Gasteiger partial charge on any atom is -0.312 e. The number of hydrogen-bond donors (Lipinski definition) is 1. The van der Waals surface area contributed by atoms with Gasteiger partial charge in [0.05, 0.1) is 10.6 Å². The predicted octanol–water partition coefficient (Wildman–Crippen LogP) is 4.18. The zero-order valence-corrected chi connectivity index (χ0v) is 12.2. The largest absolute Gasteiger partial charge is 0.312 e. The van der Waals surface area contributed by atoms with Crippen LogP contribution in [-0.4, -0.2) is 12.0 Å². The van der Waals surface area contributed by atoms with Crippen molar-refractivity contribution in [2.75, 3.05) is 7.05 Å². The molecule has 2 nitrogen and oxygen atoms in total. The number of pyridine rings is 1. The Balaban J connectivity index is 2.16. The van der Waals surface area contributed by atoms with E-state index < -0.39 is 11.6 Å². The molecule has 20 heavy (non-hydrogen) atoms. The molecule has 0 bridgehead atoms. The molecule has 0 spiro atoms. The molecule has 0 fully saturated rings. The lowest BCUT2D eigenvalue weighted by molar-refractivity contribution is 0.561. The second kappa shape index (κ2) is 6.81. The Kier molecular flexibility index (Phi) is 5.09. The van der Waals surface area contributed by atoms with E-state index in [0.29, 0.717) is 0 Å². The van der Waals surface area contributed by atoms with Crippen LogP contribution in [0.3, 0.4) is 0 Å². The third kappa shape index (κ3) is 3.55. The second-order valence-corrected chi connectivity index (χ2v) is 5.46. The van der Waals surface area contributed by atoms with E-state index in [1.807, 2.05) is 19.2 Å². The summed E-state index contributed by atoms with van der Waals surface area (Å²) in [5, 5.41) is 3.17. The zero-order valence-electron chi connectivity index (χ0n) is 11.4. The molecule has 2 rings (SSSR count). The van der Waals surface area contributed by atoms with E-state index >= 15 is 0 Å². The van der Waals surface area contributed by atoms with Crippen LogP contribution in [0.15, 0.2) is 46.3 Å². The molecule has 0 aliphatic rings. The maximum atomic E-state index is 13.6. The monoisotopic (exact) mass is 294 g/mol. The highest BCUT2D eigenvalue weighted by molar-refractivity contribution is 7.99. The Bertz CT molecular complexity index is 569. The molecule has 0 amide bonds. The molecule has 2 aromatic rings. The van der Waals surface area contributed by atoms with Crippen molar-refractivity contribution in [1.29, 1.82) is 0 Å².